The highest BCUT2D eigenvalue weighted by Gasteiger charge is 2.20. The van der Waals surface area contributed by atoms with Gasteiger partial charge >= 0.3 is 0 Å². The topological polar surface area (TPSA) is 28.2 Å². The van der Waals surface area contributed by atoms with Gasteiger partial charge in [0.25, 0.3) is 0 Å². The second-order valence-corrected chi connectivity index (χ2v) is 4.63. The summed E-state index contributed by atoms with van der Waals surface area (Å²) in [6, 6.07) is 9.13. The van der Waals surface area contributed by atoms with E-state index in [-0.39, 0.29) is 12.4 Å². The number of benzene rings is 1. The lowest BCUT2D eigenvalue weighted by Crippen LogP contribution is -2.33. The van der Waals surface area contributed by atoms with E-state index in [0.29, 0.717) is 6.04 Å². The predicted octanol–water partition coefficient (Wildman–Crippen LogP) is 2.45. The zero-order valence-corrected chi connectivity index (χ0v) is 11.3. The van der Waals surface area contributed by atoms with Crippen LogP contribution in [-0.4, -0.2) is 31.2 Å². The SMILES string of the molecule is CN(c1cccc2cnccc12)[C@H]1CCNC1.Cl. The smallest absolute Gasteiger partial charge is 0.0447 e. The van der Waals surface area contributed by atoms with E-state index in [0.717, 1.165) is 13.1 Å². The quantitative estimate of drug-likeness (QED) is 0.902. The van der Waals surface area contributed by atoms with Crippen molar-refractivity contribution >= 4 is 28.9 Å². The molecule has 1 fully saturated rings. The fourth-order valence-electron chi connectivity index (χ4n) is 2.58. The molecule has 1 N–H and O–H groups in total. The summed E-state index contributed by atoms with van der Waals surface area (Å²) < 4.78 is 0. The standard InChI is InChI=1S/C14H17N3.ClH/c1-17(12-5-7-16-10-12)14-4-2-3-11-9-15-8-6-13(11)14;/h2-4,6,8-9,12,16H,5,7,10H2,1H3;1H/t12-;/m0./s1. The molecule has 1 saturated heterocycles. The third-order valence-electron chi connectivity index (χ3n) is 3.62. The van der Waals surface area contributed by atoms with E-state index >= 15 is 0 Å². The lowest BCUT2D eigenvalue weighted by atomic mass is 10.1. The normalized spacial score (nSPS) is 18.6. The highest BCUT2D eigenvalue weighted by Crippen LogP contribution is 2.27. The number of likely N-dealkylation sites (N-methyl/N-ethyl adjacent to an activating group) is 1. The van der Waals surface area contributed by atoms with Crippen LogP contribution in [0.2, 0.25) is 0 Å². The number of rotatable bonds is 2. The van der Waals surface area contributed by atoms with Crippen molar-refractivity contribution in [3.63, 3.8) is 0 Å². The van der Waals surface area contributed by atoms with E-state index in [1.807, 2.05) is 12.4 Å². The fraction of sp³-hybridized carbons (Fsp3) is 0.357. The summed E-state index contributed by atoms with van der Waals surface area (Å²) >= 11 is 0. The Labute approximate surface area is 114 Å². The Bertz CT molecular complexity index is 518. The van der Waals surface area contributed by atoms with Gasteiger partial charge in [-0.1, -0.05) is 12.1 Å². The summed E-state index contributed by atoms with van der Waals surface area (Å²) in [5, 5.41) is 5.92. The van der Waals surface area contributed by atoms with Gasteiger partial charge in [-0.2, -0.15) is 0 Å². The molecule has 0 unspecified atom stereocenters. The van der Waals surface area contributed by atoms with Gasteiger partial charge in [0.15, 0.2) is 0 Å². The van der Waals surface area contributed by atoms with E-state index in [1.54, 1.807) is 0 Å². The van der Waals surface area contributed by atoms with Crippen molar-refractivity contribution in [1.82, 2.24) is 10.3 Å². The largest absolute Gasteiger partial charge is 0.370 e. The van der Waals surface area contributed by atoms with Gasteiger partial charge in [-0.3, -0.25) is 4.98 Å². The molecule has 3 rings (SSSR count). The highest BCUT2D eigenvalue weighted by atomic mass is 35.5. The van der Waals surface area contributed by atoms with E-state index in [2.05, 4.69) is 46.5 Å². The first-order chi connectivity index (χ1) is 8.36. The van der Waals surface area contributed by atoms with Crippen LogP contribution in [-0.2, 0) is 0 Å². The first-order valence-corrected chi connectivity index (χ1v) is 6.12. The van der Waals surface area contributed by atoms with E-state index in [9.17, 15) is 0 Å². The Morgan fingerprint density at radius 1 is 1.33 bits per heavy atom. The first-order valence-electron chi connectivity index (χ1n) is 6.12. The average molecular weight is 264 g/mol. The molecule has 0 spiro atoms. The minimum absolute atomic E-state index is 0. The van der Waals surface area contributed by atoms with Crippen LogP contribution in [0.1, 0.15) is 6.42 Å². The number of aromatic nitrogens is 1. The minimum Gasteiger partial charge on any atom is -0.370 e. The molecule has 0 saturated carbocycles. The molecule has 96 valence electrons. The van der Waals surface area contributed by atoms with Crippen LogP contribution in [0.25, 0.3) is 10.8 Å². The lowest BCUT2D eigenvalue weighted by molar-refractivity contribution is 0.687. The van der Waals surface area contributed by atoms with Gasteiger partial charge in [0.05, 0.1) is 0 Å². The van der Waals surface area contributed by atoms with Crippen molar-refractivity contribution < 1.29 is 0 Å². The number of anilines is 1. The molecule has 1 atom stereocenters. The molecule has 2 aromatic rings. The lowest BCUT2D eigenvalue weighted by Gasteiger charge is -2.27. The number of fused-ring (bicyclic) bond motifs is 1. The van der Waals surface area contributed by atoms with Crippen molar-refractivity contribution in [2.24, 2.45) is 0 Å². The molecule has 1 aromatic carbocycles. The summed E-state index contributed by atoms with van der Waals surface area (Å²) in [6.07, 6.45) is 5.02. The van der Waals surface area contributed by atoms with Gasteiger partial charge in [-0.15, -0.1) is 12.4 Å². The maximum absolute atomic E-state index is 4.18. The number of pyridine rings is 1. The van der Waals surface area contributed by atoms with E-state index < -0.39 is 0 Å². The minimum atomic E-state index is 0. The van der Waals surface area contributed by atoms with Crippen molar-refractivity contribution in [2.75, 3.05) is 25.0 Å². The molecule has 0 bridgehead atoms. The number of nitrogens with one attached hydrogen (secondary N) is 1. The monoisotopic (exact) mass is 263 g/mol. The fourth-order valence-corrected chi connectivity index (χ4v) is 2.58. The Kier molecular flexibility index (Phi) is 4.04. The van der Waals surface area contributed by atoms with Crippen LogP contribution in [0.3, 0.4) is 0 Å². The summed E-state index contributed by atoms with van der Waals surface area (Å²) in [6.45, 7) is 2.21. The third-order valence-corrected chi connectivity index (χ3v) is 3.62. The van der Waals surface area contributed by atoms with Crippen LogP contribution in [0.4, 0.5) is 5.69 Å². The molecule has 3 nitrogen and oxygen atoms in total. The Morgan fingerprint density at radius 3 is 3.00 bits per heavy atom. The molecule has 2 heterocycles. The number of nitrogens with zero attached hydrogens (tertiary/aromatic N) is 2. The van der Waals surface area contributed by atoms with Crippen LogP contribution in [0.5, 0.6) is 0 Å². The molecule has 0 aliphatic carbocycles. The van der Waals surface area contributed by atoms with Gasteiger partial charge < -0.3 is 10.2 Å². The third kappa shape index (κ3) is 2.28. The number of hydrogen-bond donors (Lipinski definition) is 1. The maximum atomic E-state index is 4.18. The van der Waals surface area contributed by atoms with E-state index in [4.69, 9.17) is 0 Å². The van der Waals surface area contributed by atoms with Crippen LogP contribution in [0, 0.1) is 0 Å². The van der Waals surface area contributed by atoms with Crippen LogP contribution in [0.15, 0.2) is 36.7 Å². The van der Waals surface area contributed by atoms with Crippen molar-refractivity contribution in [2.45, 2.75) is 12.5 Å². The summed E-state index contributed by atoms with van der Waals surface area (Å²) in [5.41, 5.74) is 1.30. The van der Waals surface area contributed by atoms with Crippen molar-refractivity contribution in [3.05, 3.63) is 36.7 Å². The zero-order chi connectivity index (χ0) is 11.7. The molecule has 4 heteroatoms. The van der Waals surface area contributed by atoms with Gasteiger partial charge in [-0.05, 0) is 25.1 Å². The van der Waals surface area contributed by atoms with E-state index in [1.165, 1.54) is 22.9 Å². The zero-order valence-electron chi connectivity index (χ0n) is 10.5. The average Bonchev–Trinajstić information content (AvgIpc) is 2.91. The predicted molar refractivity (Wildman–Crippen MR) is 78.7 cm³/mol. The summed E-state index contributed by atoms with van der Waals surface area (Å²) in [4.78, 5) is 6.57. The first kappa shape index (κ1) is 13.1. The molecule has 18 heavy (non-hydrogen) atoms. The van der Waals surface area contributed by atoms with Gasteiger partial charge in [-0.25, -0.2) is 0 Å². The second-order valence-electron chi connectivity index (χ2n) is 4.63. The highest BCUT2D eigenvalue weighted by molar-refractivity contribution is 5.93. The molecule has 1 aliphatic rings. The molecule has 1 aromatic heterocycles. The van der Waals surface area contributed by atoms with Gasteiger partial charge in [0.2, 0.25) is 0 Å². The number of halogens is 1. The number of hydrogen-bond acceptors (Lipinski definition) is 3. The van der Waals surface area contributed by atoms with Crippen molar-refractivity contribution in [3.8, 4) is 0 Å². The Hall–Kier alpha value is -1.32. The maximum Gasteiger partial charge on any atom is 0.0447 e. The molecular formula is C14H18ClN3. The van der Waals surface area contributed by atoms with Crippen molar-refractivity contribution in [1.29, 1.82) is 0 Å². The van der Waals surface area contributed by atoms with Gasteiger partial charge in [0.1, 0.15) is 0 Å². The Balaban J connectivity index is 0.00000120. The van der Waals surface area contributed by atoms with Crippen LogP contribution >= 0.6 is 12.4 Å². The summed E-state index contributed by atoms with van der Waals surface area (Å²) in [7, 11) is 2.19. The summed E-state index contributed by atoms with van der Waals surface area (Å²) in [5.74, 6) is 0. The molecule has 1 aliphatic heterocycles. The second kappa shape index (κ2) is 5.55. The molecule has 0 amide bonds. The Morgan fingerprint density at radius 2 is 2.22 bits per heavy atom. The van der Waals surface area contributed by atoms with Gasteiger partial charge in [0, 0.05) is 48.5 Å². The molecule has 0 radical (unpaired) electrons. The van der Waals surface area contributed by atoms with Crippen LogP contribution < -0.4 is 10.2 Å². The molecular weight excluding hydrogens is 246 g/mol.